The molecule has 0 radical (unpaired) electrons. The van der Waals surface area contributed by atoms with Crippen molar-refractivity contribution >= 4 is 69.6 Å². The lowest BCUT2D eigenvalue weighted by Gasteiger charge is -2.26. The van der Waals surface area contributed by atoms with Crippen LogP contribution in [0.15, 0.2) is 115 Å². The molecule has 0 aliphatic carbocycles. The Morgan fingerprint density at radius 1 is 0.643 bits per heavy atom. The molecule has 5 heteroatoms. The van der Waals surface area contributed by atoms with Crippen LogP contribution in [0, 0.1) is 0 Å². The highest BCUT2D eigenvalue weighted by Crippen LogP contribution is 2.55. The van der Waals surface area contributed by atoms with Gasteiger partial charge in [0.05, 0.1) is 10.9 Å². The van der Waals surface area contributed by atoms with Gasteiger partial charge < -0.3 is 4.74 Å². The topological polar surface area (TPSA) is 21.4 Å². The van der Waals surface area contributed by atoms with Gasteiger partial charge in [-0.2, -0.15) is 4.40 Å². The molecule has 3 aliphatic heterocycles. The predicted molar refractivity (Wildman–Crippen MR) is 167 cm³/mol. The monoisotopic (exact) mass is 553 g/mol. The van der Waals surface area contributed by atoms with Gasteiger partial charge in [0.2, 0.25) is 11.4 Å². The summed E-state index contributed by atoms with van der Waals surface area (Å²) >= 11 is 1.89. The average Bonchev–Trinajstić information content (AvgIpc) is 3.75. The minimum Gasteiger partial charge on any atom is -0.422 e. The normalized spacial score (nSPS) is 17.3. The summed E-state index contributed by atoms with van der Waals surface area (Å²) < 4.78 is 17.0. The Kier molecular flexibility index (Phi) is 3.17. The summed E-state index contributed by atoms with van der Waals surface area (Å²) in [6.07, 6.45) is 2.25. The lowest BCUT2D eigenvalue weighted by atomic mass is 9.90. The molecule has 12 rings (SSSR count). The van der Waals surface area contributed by atoms with E-state index in [2.05, 4.69) is 129 Å². The molecule has 0 saturated heterocycles. The van der Waals surface area contributed by atoms with Crippen molar-refractivity contribution in [2.45, 2.75) is 5.66 Å². The maximum absolute atomic E-state index is 6.76. The highest BCUT2D eigenvalue weighted by atomic mass is 32.1. The summed E-state index contributed by atoms with van der Waals surface area (Å²) in [4.78, 5) is 0. The van der Waals surface area contributed by atoms with Crippen molar-refractivity contribution in [1.29, 1.82) is 0 Å². The molecule has 4 nitrogen and oxygen atoms in total. The van der Waals surface area contributed by atoms with Crippen LogP contribution in [0.1, 0.15) is 11.3 Å². The minimum atomic E-state index is -0.592. The number of nitrogens with zero attached hydrogens (tertiary/aromatic N) is 3. The second-order valence-electron chi connectivity index (χ2n) is 11.7. The van der Waals surface area contributed by atoms with Crippen molar-refractivity contribution in [3.63, 3.8) is 0 Å². The molecule has 8 heterocycles. The maximum Gasteiger partial charge on any atom is 0.407 e. The number of thiophene rings is 1. The van der Waals surface area contributed by atoms with E-state index < -0.39 is 5.66 Å². The molecule has 0 bridgehead atoms. The van der Waals surface area contributed by atoms with Crippen molar-refractivity contribution in [2.75, 3.05) is 0 Å². The summed E-state index contributed by atoms with van der Waals surface area (Å²) in [5.74, 6) is 1.80. The first-order chi connectivity index (χ1) is 20.8. The Morgan fingerprint density at radius 3 is 2.45 bits per heavy atom. The van der Waals surface area contributed by atoms with E-state index in [9.17, 15) is 0 Å². The summed E-state index contributed by atoms with van der Waals surface area (Å²) in [6, 6.07) is 40.2. The van der Waals surface area contributed by atoms with Crippen molar-refractivity contribution in [1.82, 2.24) is 4.40 Å². The molecule has 1 spiro atoms. The number of ether oxygens (including phenoxy) is 1. The minimum absolute atomic E-state index is 0.592. The standard InChI is InChI=1S/C37H19N3OS/c1-2-10-22-21(9-1)34-27-19-31-26(20-8-3-4-14-30(20)42-31)18-25(27)23-15-16-32-40-36(23)39(34)35(22)37(40)33-24(11-7-13-29(33)41-32)28-12-5-6-17-38(28)37/h1-19H/q+2. The fraction of sp³-hybridized carbons (Fsp3) is 0.0270. The summed E-state index contributed by atoms with van der Waals surface area (Å²) in [5.41, 5.74) is 6.81. The second-order valence-corrected chi connectivity index (χ2v) is 12.8. The predicted octanol–water partition coefficient (Wildman–Crippen LogP) is 8.04. The molecule has 5 aromatic heterocycles. The van der Waals surface area contributed by atoms with E-state index in [1.807, 2.05) is 11.3 Å². The highest BCUT2D eigenvalue weighted by Gasteiger charge is 2.70. The molecule has 4 aromatic carbocycles. The zero-order valence-corrected chi connectivity index (χ0v) is 22.9. The molecule has 1 unspecified atom stereocenters. The number of benzene rings is 4. The van der Waals surface area contributed by atoms with Crippen LogP contribution in [0.3, 0.4) is 0 Å². The smallest absolute Gasteiger partial charge is 0.407 e. The maximum atomic E-state index is 6.76. The largest absolute Gasteiger partial charge is 0.422 e. The van der Waals surface area contributed by atoms with Gasteiger partial charge >= 0.3 is 11.3 Å². The zero-order valence-electron chi connectivity index (χ0n) is 22.1. The molecular weight excluding hydrogens is 534 g/mol. The number of hydrogen-bond donors (Lipinski definition) is 0. The van der Waals surface area contributed by atoms with Crippen LogP contribution in [0.4, 0.5) is 0 Å². The van der Waals surface area contributed by atoms with Crippen LogP contribution in [-0.2, 0) is 5.66 Å². The molecule has 9 aromatic rings. The van der Waals surface area contributed by atoms with Gasteiger partial charge in [-0.1, -0.05) is 36.4 Å². The Balaban J connectivity index is 1.42. The fourth-order valence-corrected chi connectivity index (χ4v) is 9.66. The third-order valence-electron chi connectivity index (χ3n) is 9.95. The van der Waals surface area contributed by atoms with Crippen molar-refractivity contribution < 1.29 is 13.9 Å². The molecule has 3 aliphatic rings. The number of rotatable bonds is 0. The van der Waals surface area contributed by atoms with E-state index >= 15 is 0 Å². The number of pyridine rings is 3. The van der Waals surface area contributed by atoms with Crippen molar-refractivity contribution in [2.24, 2.45) is 0 Å². The Hall–Kier alpha value is -5.26. The van der Waals surface area contributed by atoms with Crippen molar-refractivity contribution in [3.05, 3.63) is 127 Å². The SMILES string of the molecule is c1cc2c3c(c1)-c1cccc[n+]1C31c3c4ccccc4c4c5cc6sc7ccccc7c6cc5c5ccc([n+]1c5n34)O2. The average molecular weight is 554 g/mol. The van der Waals surface area contributed by atoms with E-state index in [1.165, 1.54) is 80.8 Å². The first-order valence-electron chi connectivity index (χ1n) is 14.4. The lowest BCUT2D eigenvalue weighted by molar-refractivity contribution is -0.952. The summed E-state index contributed by atoms with van der Waals surface area (Å²) in [7, 11) is 0. The third-order valence-corrected chi connectivity index (χ3v) is 11.1. The molecule has 0 N–H and O–H groups in total. The van der Waals surface area contributed by atoms with Gasteiger partial charge in [-0.15, -0.1) is 20.5 Å². The van der Waals surface area contributed by atoms with Gasteiger partial charge in [-0.05, 0) is 54.6 Å². The Bertz CT molecular complexity index is 2790. The molecule has 0 amide bonds. The van der Waals surface area contributed by atoms with Crippen molar-refractivity contribution in [3.8, 4) is 22.9 Å². The number of fused-ring (bicyclic) bond motifs is 11. The van der Waals surface area contributed by atoms with Gasteiger partial charge in [-0.25, -0.2) is 0 Å². The van der Waals surface area contributed by atoms with Crippen LogP contribution < -0.4 is 13.9 Å². The van der Waals surface area contributed by atoms with E-state index in [-0.39, 0.29) is 0 Å². The van der Waals surface area contributed by atoms with Crippen LogP contribution in [-0.4, -0.2) is 4.40 Å². The first-order valence-corrected chi connectivity index (χ1v) is 15.2. The van der Waals surface area contributed by atoms with Crippen LogP contribution >= 0.6 is 11.3 Å². The molecule has 42 heavy (non-hydrogen) atoms. The van der Waals surface area contributed by atoms with E-state index in [0.717, 1.165) is 11.6 Å². The van der Waals surface area contributed by atoms with Gasteiger partial charge in [0.15, 0.2) is 6.20 Å². The fourth-order valence-electron chi connectivity index (χ4n) is 8.54. The van der Waals surface area contributed by atoms with Gasteiger partial charge in [0.1, 0.15) is 16.8 Å². The van der Waals surface area contributed by atoms with Crippen LogP contribution in [0.5, 0.6) is 11.6 Å². The molecule has 0 saturated carbocycles. The van der Waals surface area contributed by atoms with Gasteiger partial charge in [-0.3, -0.25) is 0 Å². The second kappa shape index (κ2) is 6.46. The lowest BCUT2D eigenvalue weighted by Crippen LogP contribution is -2.72. The van der Waals surface area contributed by atoms with Crippen LogP contribution in [0.25, 0.3) is 69.5 Å². The Morgan fingerprint density at radius 2 is 1.50 bits per heavy atom. The van der Waals surface area contributed by atoms with E-state index in [4.69, 9.17) is 4.74 Å². The molecule has 192 valence electrons. The molecular formula is C37H19N3OS+2. The van der Waals surface area contributed by atoms with Gasteiger partial charge in [0, 0.05) is 59.9 Å². The van der Waals surface area contributed by atoms with Crippen LogP contribution in [0.2, 0.25) is 0 Å². The number of aromatic nitrogens is 3. The summed E-state index contributed by atoms with van der Waals surface area (Å²) in [5, 5.41) is 9.05. The third kappa shape index (κ3) is 1.94. The van der Waals surface area contributed by atoms with E-state index in [0.29, 0.717) is 0 Å². The highest BCUT2D eigenvalue weighted by molar-refractivity contribution is 7.25. The first kappa shape index (κ1) is 20.6. The summed E-state index contributed by atoms with van der Waals surface area (Å²) in [6.45, 7) is 0. The Labute approximate surface area is 242 Å². The van der Waals surface area contributed by atoms with Gasteiger partial charge in [0.25, 0.3) is 5.88 Å². The zero-order chi connectivity index (χ0) is 26.9. The molecule has 0 fully saturated rings. The van der Waals surface area contributed by atoms with E-state index in [1.54, 1.807) is 0 Å². The quantitative estimate of drug-likeness (QED) is 0.138. The number of hydrogen-bond acceptors (Lipinski definition) is 2. The molecule has 1 atom stereocenters.